The number of carbonyl (C=O) groups is 1. The van der Waals surface area contributed by atoms with Crippen LogP contribution in [-0.4, -0.2) is 37.5 Å². The Labute approximate surface area is 74.1 Å². The van der Waals surface area contributed by atoms with Gasteiger partial charge >= 0.3 is 0 Å². The van der Waals surface area contributed by atoms with Gasteiger partial charge in [0.2, 0.25) is 5.91 Å². The van der Waals surface area contributed by atoms with Gasteiger partial charge in [-0.3, -0.25) is 4.79 Å². The number of nitrogens with one attached hydrogen (secondary N) is 1. The number of hydrogen-bond acceptors (Lipinski definition) is 2. The van der Waals surface area contributed by atoms with Gasteiger partial charge in [-0.1, -0.05) is 0 Å². The molecule has 0 spiro atoms. The number of rotatable bonds is 4. The maximum atomic E-state index is 11.2. The molecule has 1 amide bonds. The molecule has 0 bridgehead atoms. The average molecular weight is 170 g/mol. The molecule has 70 valence electrons. The van der Waals surface area contributed by atoms with E-state index in [2.05, 4.69) is 12.2 Å². The topological polar surface area (TPSA) is 32.3 Å². The maximum absolute atomic E-state index is 11.2. The van der Waals surface area contributed by atoms with Crippen LogP contribution in [0.1, 0.15) is 19.8 Å². The fourth-order valence-electron chi connectivity index (χ4n) is 1.17. The summed E-state index contributed by atoms with van der Waals surface area (Å²) in [4.78, 5) is 12.8. The van der Waals surface area contributed by atoms with Crippen LogP contribution in [0.2, 0.25) is 0 Å². The molecule has 0 saturated heterocycles. The molecule has 1 N–H and O–H groups in total. The van der Waals surface area contributed by atoms with Crippen LogP contribution in [0, 0.1) is 5.92 Å². The molecule has 0 aliphatic heterocycles. The third kappa shape index (κ3) is 2.81. The van der Waals surface area contributed by atoms with Crippen molar-refractivity contribution >= 4 is 5.91 Å². The minimum atomic E-state index is 0.155. The van der Waals surface area contributed by atoms with E-state index in [1.807, 2.05) is 0 Å². The standard InChI is InChI=1S/C9H18N2O/c1-7(8-4-5-8)10-6-9(12)11(2)3/h7-8,10H,4-6H2,1-3H3. The Kier molecular flexibility index (Phi) is 3.09. The Balaban J connectivity index is 2.11. The predicted octanol–water partition coefficient (Wildman–Crippen LogP) is 0.463. The zero-order valence-electron chi connectivity index (χ0n) is 8.13. The quantitative estimate of drug-likeness (QED) is 0.665. The van der Waals surface area contributed by atoms with Gasteiger partial charge in [-0.25, -0.2) is 0 Å². The van der Waals surface area contributed by atoms with E-state index in [9.17, 15) is 4.79 Å². The highest BCUT2D eigenvalue weighted by Crippen LogP contribution is 2.32. The number of hydrogen-bond donors (Lipinski definition) is 1. The van der Waals surface area contributed by atoms with E-state index in [0.29, 0.717) is 12.6 Å². The molecule has 0 aromatic heterocycles. The lowest BCUT2D eigenvalue weighted by Crippen LogP contribution is -2.38. The van der Waals surface area contributed by atoms with Crippen molar-refractivity contribution in [3.05, 3.63) is 0 Å². The van der Waals surface area contributed by atoms with Crippen LogP contribution in [-0.2, 0) is 4.79 Å². The van der Waals surface area contributed by atoms with Crippen molar-refractivity contribution in [1.82, 2.24) is 10.2 Å². The van der Waals surface area contributed by atoms with Gasteiger partial charge in [-0.2, -0.15) is 0 Å². The summed E-state index contributed by atoms with van der Waals surface area (Å²) in [5.74, 6) is 0.975. The van der Waals surface area contributed by atoms with Crippen molar-refractivity contribution < 1.29 is 4.79 Å². The summed E-state index contributed by atoms with van der Waals surface area (Å²) in [7, 11) is 3.57. The van der Waals surface area contributed by atoms with Gasteiger partial charge in [-0.15, -0.1) is 0 Å². The molecule has 1 unspecified atom stereocenters. The van der Waals surface area contributed by atoms with Crippen LogP contribution in [0.3, 0.4) is 0 Å². The van der Waals surface area contributed by atoms with Crippen LogP contribution in [0.25, 0.3) is 0 Å². The molecule has 0 heterocycles. The largest absolute Gasteiger partial charge is 0.348 e. The van der Waals surface area contributed by atoms with Gasteiger partial charge in [0, 0.05) is 20.1 Å². The van der Waals surface area contributed by atoms with Crippen molar-refractivity contribution in [2.45, 2.75) is 25.8 Å². The van der Waals surface area contributed by atoms with E-state index in [0.717, 1.165) is 5.92 Å². The normalized spacial score (nSPS) is 18.9. The van der Waals surface area contributed by atoms with E-state index < -0.39 is 0 Å². The van der Waals surface area contributed by atoms with Gasteiger partial charge in [0.05, 0.1) is 6.54 Å². The lowest BCUT2D eigenvalue weighted by molar-refractivity contribution is -0.127. The van der Waals surface area contributed by atoms with Crippen LogP contribution >= 0.6 is 0 Å². The van der Waals surface area contributed by atoms with Crippen LogP contribution in [0.15, 0.2) is 0 Å². The molecule has 3 nitrogen and oxygen atoms in total. The first-order valence-electron chi connectivity index (χ1n) is 4.55. The summed E-state index contributed by atoms with van der Waals surface area (Å²) in [6.45, 7) is 2.63. The molecular weight excluding hydrogens is 152 g/mol. The minimum absolute atomic E-state index is 0.155. The second-order valence-corrected chi connectivity index (χ2v) is 3.80. The number of carbonyl (C=O) groups excluding carboxylic acids is 1. The molecule has 1 aliphatic carbocycles. The molecule has 1 aliphatic rings. The lowest BCUT2D eigenvalue weighted by Gasteiger charge is -2.15. The summed E-state index contributed by atoms with van der Waals surface area (Å²) in [5.41, 5.74) is 0. The number of likely N-dealkylation sites (N-methyl/N-ethyl adjacent to an activating group) is 1. The predicted molar refractivity (Wildman–Crippen MR) is 48.9 cm³/mol. The van der Waals surface area contributed by atoms with E-state index in [1.54, 1.807) is 19.0 Å². The van der Waals surface area contributed by atoms with Crippen molar-refractivity contribution in [3.8, 4) is 0 Å². The van der Waals surface area contributed by atoms with Gasteiger partial charge in [0.1, 0.15) is 0 Å². The van der Waals surface area contributed by atoms with E-state index in [-0.39, 0.29) is 5.91 Å². The monoisotopic (exact) mass is 170 g/mol. The smallest absolute Gasteiger partial charge is 0.236 e. The van der Waals surface area contributed by atoms with Gasteiger partial charge in [-0.05, 0) is 25.7 Å². The summed E-state index contributed by atoms with van der Waals surface area (Å²) in [5, 5.41) is 3.23. The average Bonchev–Trinajstić information content (AvgIpc) is 2.81. The Morgan fingerprint density at radius 3 is 2.58 bits per heavy atom. The first-order valence-corrected chi connectivity index (χ1v) is 4.55. The second kappa shape index (κ2) is 3.90. The van der Waals surface area contributed by atoms with Crippen LogP contribution < -0.4 is 5.32 Å². The van der Waals surface area contributed by atoms with Gasteiger partial charge in [0.25, 0.3) is 0 Å². The van der Waals surface area contributed by atoms with Crippen molar-refractivity contribution in [2.24, 2.45) is 5.92 Å². The third-order valence-corrected chi connectivity index (χ3v) is 2.40. The van der Waals surface area contributed by atoms with Gasteiger partial charge in [0.15, 0.2) is 0 Å². The number of nitrogens with zero attached hydrogens (tertiary/aromatic N) is 1. The summed E-state index contributed by atoms with van der Waals surface area (Å²) in [6.07, 6.45) is 2.65. The van der Waals surface area contributed by atoms with Crippen LogP contribution in [0.5, 0.6) is 0 Å². The zero-order chi connectivity index (χ0) is 9.14. The highest BCUT2D eigenvalue weighted by molar-refractivity contribution is 5.77. The Morgan fingerprint density at radius 2 is 2.17 bits per heavy atom. The Morgan fingerprint density at radius 1 is 1.58 bits per heavy atom. The summed E-state index contributed by atoms with van der Waals surface area (Å²) < 4.78 is 0. The molecule has 12 heavy (non-hydrogen) atoms. The molecular formula is C9H18N2O. The molecule has 1 saturated carbocycles. The maximum Gasteiger partial charge on any atom is 0.236 e. The van der Waals surface area contributed by atoms with Crippen molar-refractivity contribution in [1.29, 1.82) is 0 Å². The molecule has 0 radical (unpaired) electrons. The first kappa shape index (κ1) is 9.52. The molecule has 3 heteroatoms. The third-order valence-electron chi connectivity index (χ3n) is 2.40. The highest BCUT2D eigenvalue weighted by atomic mass is 16.2. The fourth-order valence-corrected chi connectivity index (χ4v) is 1.17. The first-order chi connectivity index (χ1) is 5.61. The number of amides is 1. The summed E-state index contributed by atoms with van der Waals surface area (Å²) >= 11 is 0. The minimum Gasteiger partial charge on any atom is -0.348 e. The molecule has 1 fully saturated rings. The van der Waals surface area contributed by atoms with Crippen LogP contribution in [0.4, 0.5) is 0 Å². The van der Waals surface area contributed by atoms with E-state index >= 15 is 0 Å². The fraction of sp³-hybridized carbons (Fsp3) is 0.889. The van der Waals surface area contributed by atoms with E-state index in [1.165, 1.54) is 12.8 Å². The SMILES string of the molecule is CC(NCC(=O)N(C)C)C1CC1. The van der Waals surface area contributed by atoms with Crippen molar-refractivity contribution in [3.63, 3.8) is 0 Å². The molecule has 0 aromatic carbocycles. The highest BCUT2D eigenvalue weighted by Gasteiger charge is 2.27. The second-order valence-electron chi connectivity index (χ2n) is 3.80. The zero-order valence-corrected chi connectivity index (χ0v) is 8.13. The Hall–Kier alpha value is -0.570. The molecule has 0 aromatic rings. The lowest BCUT2D eigenvalue weighted by atomic mass is 10.2. The summed E-state index contributed by atoms with van der Waals surface area (Å²) in [6, 6.07) is 0.508. The molecule has 1 atom stereocenters. The Bertz CT molecular complexity index is 164. The van der Waals surface area contributed by atoms with Crippen molar-refractivity contribution in [2.75, 3.05) is 20.6 Å². The van der Waals surface area contributed by atoms with E-state index in [4.69, 9.17) is 0 Å². The van der Waals surface area contributed by atoms with Gasteiger partial charge < -0.3 is 10.2 Å². The molecule has 1 rings (SSSR count).